The summed E-state index contributed by atoms with van der Waals surface area (Å²) in [6, 6.07) is 17.1. The third-order valence-corrected chi connectivity index (χ3v) is 9.23. The van der Waals surface area contributed by atoms with E-state index >= 15 is 0 Å². The number of benzene rings is 2. The Labute approximate surface area is 288 Å². The zero-order chi connectivity index (χ0) is 33.7. The molecule has 1 saturated heterocycles. The van der Waals surface area contributed by atoms with Gasteiger partial charge in [0.25, 0.3) is 5.91 Å². The first-order valence-corrected chi connectivity index (χ1v) is 18.0. The van der Waals surface area contributed by atoms with Gasteiger partial charge in [-0.1, -0.05) is 51.5 Å². The van der Waals surface area contributed by atoms with Crippen LogP contribution in [0.2, 0.25) is 0 Å². The van der Waals surface area contributed by atoms with Crippen molar-refractivity contribution in [3.8, 4) is 5.75 Å². The van der Waals surface area contributed by atoms with Gasteiger partial charge in [0.15, 0.2) is 0 Å². The maximum atomic E-state index is 13.7. The predicted octanol–water partition coefficient (Wildman–Crippen LogP) is 7.01. The summed E-state index contributed by atoms with van der Waals surface area (Å²) in [6.07, 6.45) is 12.6. The number of unbranched alkanes of at least 4 members (excludes halogenated alkanes) is 1. The first-order valence-electron chi connectivity index (χ1n) is 18.0. The lowest BCUT2D eigenvalue weighted by Crippen LogP contribution is -2.47. The zero-order valence-electron chi connectivity index (χ0n) is 29.5. The van der Waals surface area contributed by atoms with Crippen molar-refractivity contribution in [1.82, 2.24) is 15.1 Å². The molecule has 0 aliphatic carbocycles. The molecule has 1 unspecified atom stereocenters. The van der Waals surface area contributed by atoms with Crippen molar-refractivity contribution >= 4 is 17.2 Å². The van der Waals surface area contributed by atoms with Crippen molar-refractivity contribution in [2.75, 3.05) is 58.5 Å². The van der Waals surface area contributed by atoms with Gasteiger partial charge in [-0.15, -0.1) is 0 Å². The van der Waals surface area contributed by atoms with Gasteiger partial charge in [0.05, 0.1) is 6.61 Å². The fraction of sp³-hybridized carbons (Fsp3) is 0.525. The number of hydrogen-bond donors (Lipinski definition) is 2. The zero-order valence-corrected chi connectivity index (χ0v) is 29.5. The van der Waals surface area contributed by atoms with Gasteiger partial charge >= 0.3 is 0 Å². The van der Waals surface area contributed by atoms with Crippen molar-refractivity contribution < 1.29 is 19.0 Å². The van der Waals surface area contributed by atoms with Crippen LogP contribution in [0.1, 0.15) is 70.4 Å². The van der Waals surface area contributed by atoms with E-state index in [4.69, 9.17) is 14.2 Å². The highest BCUT2D eigenvalue weighted by Gasteiger charge is 2.27. The summed E-state index contributed by atoms with van der Waals surface area (Å²) in [4.78, 5) is 18.5. The summed E-state index contributed by atoms with van der Waals surface area (Å²) < 4.78 is 17.1. The smallest absolute Gasteiger partial charge is 0.251 e. The Morgan fingerprint density at radius 2 is 1.81 bits per heavy atom. The second-order valence-corrected chi connectivity index (χ2v) is 13.7. The number of fused-ring (bicyclic) bond motifs is 1. The highest BCUT2D eigenvalue weighted by atomic mass is 16.5. The van der Waals surface area contributed by atoms with Gasteiger partial charge in [-0.3, -0.25) is 15.0 Å². The molecule has 1 fully saturated rings. The van der Waals surface area contributed by atoms with Crippen LogP contribution in [-0.2, 0) is 20.8 Å². The van der Waals surface area contributed by atoms with E-state index in [2.05, 4.69) is 90.9 Å². The molecule has 2 N–H and O–H groups in total. The molecule has 8 nitrogen and oxygen atoms in total. The molecule has 0 radical (unpaired) electrons. The van der Waals surface area contributed by atoms with Gasteiger partial charge in [-0.05, 0) is 110 Å². The predicted molar refractivity (Wildman–Crippen MR) is 195 cm³/mol. The summed E-state index contributed by atoms with van der Waals surface area (Å²) in [6.45, 7) is 12.9. The molecule has 8 heteroatoms. The van der Waals surface area contributed by atoms with Gasteiger partial charge in [-0.2, -0.15) is 0 Å². The average Bonchev–Trinajstić information content (AvgIpc) is 3.08. The number of rotatable bonds is 15. The lowest BCUT2D eigenvalue weighted by Gasteiger charge is -2.38. The van der Waals surface area contributed by atoms with Crippen LogP contribution in [0.15, 0.2) is 78.0 Å². The molecule has 5 rings (SSSR count). The van der Waals surface area contributed by atoms with Gasteiger partial charge in [-0.25, -0.2) is 0 Å². The second kappa shape index (κ2) is 18.4. The van der Waals surface area contributed by atoms with E-state index in [0.717, 1.165) is 105 Å². The molecule has 2 aromatic rings. The molecule has 48 heavy (non-hydrogen) atoms. The van der Waals surface area contributed by atoms with E-state index in [1.165, 1.54) is 5.56 Å². The topological polar surface area (TPSA) is 75.3 Å². The Balaban J connectivity index is 1.27. The summed E-state index contributed by atoms with van der Waals surface area (Å²) in [5.74, 6) is 1.29. The number of carbonyl (C=O) groups excluding carboxylic acids is 1. The van der Waals surface area contributed by atoms with Crippen LogP contribution in [0, 0.1) is 5.92 Å². The minimum absolute atomic E-state index is 0.0153. The molecule has 0 saturated carbocycles. The number of ether oxygens (including phenoxy) is 3. The van der Waals surface area contributed by atoms with Gasteiger partial charge < -0.3 is 24.4 Å². The SMILES string of the molecule is CCCCOCCOc1ccc(C2=CN(CC(C)C)C3NCCCC(C(=O)Nc4ccc(CN(C)C5CCOCC5)cc4)=CC3=C2)cc1. The lowest BCUT2D eigenvalue weighted by molar-refractivity contribution is -0.113. The third-order valence-electron chi connectivity index (χ3n) is 9.23. The Bertz CT molecular complexity index is 1390. The van der Waals surface area contributed by atoms with E-state index in [1.807, 2.05) is 24.3 Å². The summed E-state index contributed by atoms with van der Waals surface area (Å²) in [5, 5.41) is 6.94. The first-order chi connectivity index (χ1) is 23.4. The molecule has 1 amide bonds. The van der Waals surface area contributed by atoms with E-state index in [9.17, 15) is 4.79 Å². The maximum absolute atomic E-state index is 13.7. The van der Waals surface area contributed by atoms with Crippen LogP contribution >= 0.6 is 0 Å². The van der Waals surface area contributed by atoms with Crippen LogP contribution < -0.4 is 15.4 Å². The van der Waals surface area contributed by atoms with Gasteiger partial charge in [0.1, 0.15) is 18.5 Å². The Kier molecular flexibility index (Phi) is 13.7. The molecular weight excluding hydrogens is 600 g/mol. The summed E-state index contributed by atoms with van der Waals surface area (Å²) >= 11 is 0. The second-order valence-electron chi connectivity index (χ2n) is 13.7. The number of amides is 1. The average molecular weight is 657 g/mol. The van der Waals surface area contributed by atoms with Crippen molar-refractivity contribution in [3.63, 3.8) is 0 Å². The minimum atomic E-state index is -0.0321. The van der Waals surface area contributed by atoms with Crippen molar-refractivity contribution in [1.29, 1.82) is 0 Å². The van der Waals surface area contributed by atoms with Gasteiger partial charge in [0.2, 0.25) is 0 Å². The van der Waals surface area contributed by atoms with Crippen LogP contribution in [0.5, 0.6) is 5.75 Å². The largest absolute Gasteiger partial charge is 0.491 e. The number of carbonyl (C=O) groups is 1. The quantitative estimate of drug-likeness (QED) is 0.200. The van der Waals surface area contributed by atoms with Crippen molar-refractivity contribution in [2.24, 2.45) is 5.92 Å². The molecule has 3 aliphatic rings. The van der Waals surface area contributed by atoms with E-state index in [1.54, 1.807) is 0 Å². The Morgan fingerprint density at radius 1 is 1.04 bits per heavy atom. The van der Waals surface area contributed by atoms with Crippen LogP contribution in [0.25, 0.3) is 5.57 Å². The standard InChI is InChI=1S/C40H56N4O4/c1-5-6-20-46-23-24-48-38-15-11-32(12-16-38)35-26-34-25-33(8-7-19-41-39(34)44(29-35)27-30(2)3)40(45)42-36-13-9-31(10-14-36)28-43(4)37-17-21-47-22-18-37/h9-16,25-26,29-30,37,39,41H,5-8,17-24,27-28H2,1-4H3,(H,42,45). The van der Waals surface area contributed by atoms with Crippen LogP contribution in [0.3, 0.4) is 0 Å². The molecule has 3 heterocycles. The highest BCUT2D eigenvalue weighted by molar-refractivity contribution is 6.04. The molecule has 1 atom stereocenters. The monoisotopic (exact) mass is 656 g/mol. The molecule has 0 aromatic heterocycles. The maximum Gasteiger partial charge on any atom is 0.251 e. The van der Waals surface area contributed by atoms with Crippen molar-refractivity contribution in [2.45, 2.75) is 78.0 Å². The van der Waals surface area contributed by atoms with Crippen LogP contribution in [0.4, 0.5) is 5.69 Å². The number of nitrogens with one attached hydrogen (secondary N) is 2. The molecule has 0 spiro atoms. The summed E-state index contributed by atoms with van der Waals surface area (Å²) in [7, 11) is 2.19. The molecule has 2 aromatic carbocycles. The fourth-order valence-electron chi connectivity index (χ4n) is 6.56. The molecule has 0 bridgehead atoms. The fourth-order valence-corrected chi connectivity index (χ4v) is 6.56. The number of allylic oxidation sites excluding steroid dienone is 2. The molecule has 3 aliphatic heterocycles. The first kappa shape index (κ1) is 35.9. The van der Waals surface area contributed by atoms with Gasteiger partial charge in [0, 0.05) is 56.4 Å². The number of hydrogen-bond acceptors (Lipinski definition) is 7. The third kappa shape index (κ3) is 10.5. The number of anilines is 1. The van der Waals surface area contributed by atoms with E-state index in [0.29, 0.717) is 31.6 Å². The van der Waals surface area contributed by atoms with E-state index < -0.39 is 0 Å². The van der Waals surface area contributed by atoms with Crippen molar-refractivity contribution in [3.05, 3.63) is 89.2 Å². The number of nitrogens with zero attached hydrogens (tertiary/aromatic N) is 2. The lowest BCUT2D eigenvalue weighted by atomic mass is 9.94. The Morgan fingerprint density at radius 3 is 2.54 bits per heavy atom. The van der Waals surface area contributed by atoms with E-state index in [-0.39, 0.29) is 12.1 Å². The normalized spacial score (nSPS) is 18.8. The molecule has 260 valence electrons. The minimum Gasteiger partial charge on any atom is -0.491 e. The molecular formula is C40H56N4O4. The Hall–Kier alpha value is -3.43. The summed E-state index contributed by atoms with van der Waals surface area (Å²) in [5.41, 5.74) is 6.22. The highest BCUT2D eigenvalue weighted by Crippen LogP contribution is 2.31. The van der Waals surface area contributed by atoms with Crippen LogP contribution in [-0.4, -0.2) is 81.1 Å².